The van der Waals surface area contributed by atoms with Crippen LogP contribution in [-0.2, 0) is 6.18 Å². The summed E-state index contributed by atoms with van der Waals surface area (Å²) in [6.45, 7) is 1.57. The number of halogens is 3. The van der Waals surface area contributed by atoms with Gasteiger partial charge in [-0.2, -0.15) is 13.2 Å². The molecule has 0 heterocycles. The third kappa shape index (κ3) is 2.59. The Balaban J connectivity index is 3.38. The van der Waals surface area contributed by atoms with Crippen LogP contribution in [0, 0.1) is 10.1 Å². The molecule has 0 amide bonds. The molecule has 0 unspecified atom stereocenters. The quantitative estimate of drug-likeness (QED) is 0.576. The molecular weight excluding hydrogens is 223 g/mol. The van der Waals surface area contributed by atoms with Crippen LogP contribution in [0.5, 0.6) is 0 Å². The van der Waals surface area contributed by atoms with Crippen LogP contribution in [0.15, 0.2) is 24.3 Å². The van der Waals surface area contributed by atoms with E-state index in [0.717, 1.165) is 12.1 Å². The lowest BCUT2D eigenvalue weighted by atomic mass is 10.1. The second-order valence-electron chi connectivity index (χ2n) is 3.03. The number of benzene rings is 1. The molecule has 0 aromatic heterocycles. The number of allylic oxidation sites excluding steroid dienone is 1. The zero-order chi connectivity index (χ0) is 12.3. The Kier molecular flexibility index (Phi) is 3.31. The van der Waals surface area contributed by atoms with E-state index < -0.39 is 22.4 Å². The van der Waals surface area contributed by atoms with Gasteiger partial charge >= 0.3 is 6.18 Å². The van der Waals surface area contributed by atoms with E-state index in [1.807, 2.05) is 0 Å². The van der Waals surface area contributed by atoms with E-state index in [0.29, 0.717) is 6.07 Å². The van der Waals surface area contributed by atoms with Crippen molar-refractivity contribution in [2.24, 2.45) is 0 Å². The smallest absolute Gasteiger partial charge is 0.258 e. The number of nitro benzene ring substituents is 1. The Morgan fingerprint density at radius 2 is 2.00 bits per heavy atom. The molecule has 0 spiro atoms. The van der Waals surface area contributed by atoms with Gasteiger partial charge < -0.3 is 0 Å². The Morgan fingerprint density at radius 1 is 1.38 bits per heavy atom. The Labute approximate surface area is 89.4 Å². The lowest BCUT2D eigenvalue weighted by Gasteiger charge is -2.09. The second-order valence-corrected chi connectivity index (χ2v) is 3.03. The van der Waals surface area contributed by atoms with Gasteiger partial charge in [0.05, 0.1) is 10.5 Å². The third-order valence-corrected chi connectivity index (χ3v) is 1.90. The van der Waals surface area contributed by atoms with Crippen molar-refractivity contribution in [1.82, 2.24) is 0 Å². The molecule has 0 saturated heterocycles. The second kappa shape index (κ2) is 4.34. The van der Waals surface area contributed by atoms with Crippen LogP contribution < -0.4 is 0 Å². The van der Waals surface area contributed by atoms with E-state index in [9.17, 15) is 23.3 Å². The fraction of sp³-hybridized carbons (Fsp3) is 0.200. The average molecular weight is 231 g/mol. The molecule has 0 bridgehead atoms. The maximum atomic E-state index is 12.6. The highest BCUT2D eigenvalue weighted by Crippen LogP contribution is 2.34. The van der Waals surface area contributed by atoms with Crippen molar-refractivity contribution in [2.45, 2.75) is 13.1 Å². The molecule has 6 heteroatoms. The first kappa shape index (κ1) is 12.2. The first-order valence-corrected chi connectivity index (χ1v) is 4.34. The number of non-ortho nitro benzene ring substituents is 1. The zero-order valence-corrected chi connectivity index (χ0v) is 8.28. The van der Waals surface area contributed by atoms with Crippen molar-refractivity contribution in [3.8, 4) is 0 Å². The van der Waals surface area contributed by atoms with E-state index in [2.05, 4.69) is 0 Å². The molecule has 0 saturated carbocycles. The molecule has 1 aromatic rings. The van der Waals surface area contributed by atoms with Crippen LogP contribution in [0.3, 0.4) is 0 Å². The molecular formula is C10H8F3NO2. The molecule has 1 rings (SSSR count). The molecule has 0 radical (unpaired) electrons. The number of rotatable bonds is 2. The van der Waals surface area contributed by atoms with Crippen LogP contribution >= 0.6 is 0 Å². The van der Waals surface area contributed by atoms with Gasteiger partial charge in [-0.25, -0.2) is 0 Å². The average Bonchev–Trinajstić information content (AvgIpc) is 2.16. The van der Waals surface area contributed by atoms with Crippen LogP contribution in [0.4, 0.5) is 18.9 Å². The molecule has 0 aliphatic heterocycles. The molecule has 0 N–H and O–H groups in total. The molecule has 0 aliphatic carbocycles. The van der Waals surface area contributed by atoms with E-state index in [-0.39, 0.29) is 5.56 Å². The van der Waals surface area contributed by atoms with Gasteiger partial charge in [0.2, 0.25) is 0 Å². The summed E-state index contributed by atoms with van der Waals surface area (Å²) in [5.74, 6) is 0. The van der Waals surface area contributed by atoms with Gasteiger partial charge in [0.1, 0.15) is 0 Å². The lowest BCUT2D eigenvalue weighted by Crippen LogP contribution is -2.08. The number of hydrogen-bond donors (Lipinski definition) is 0. The zero-order valence-electron chi connectivity index (χ0n) is 8.28. The monoisotopic (exact) mass is 231 g/mol. The van der Waals surface area contributed by atoms with Crippen molar-refractivity contribution < 1.29 is 18.1 Å². The maximum Gasteiger partial charge on any atom is 0.417 e. The van der Waals surface area contributed by atoms with E-state index in [4.69, 9.17) is 0 Å². The standard InChI is InChI=1S/C10H8F3NO2/c1-2-3-7-4-5-8(14(15)16)6-9(7)10(11,12)13/h2-6H,1H3/b3-2+. The summed E-state index contributed by atoms with van der Waals surface area (Å²) < 4.78 is 37.7. The van der Waals surface area contributed by atoms with Crippen molar-refractivity contribution in [1.29, 1.82) is 0 Å². The fourth-order valence-electron chi connectivity index (χ4n) is 1.23. The molecule has 0 fully saturated rings. The minimum absolute atomic E-state index is 0.0828. The first-order valence-electron chi connectivity index (χ1n) is 4.34. The Bertz CT molecular complexity index is 438. The van der Waals surface area contributed by atoms with Crippen molar-refractivity contribution in [3.05, 3.63) is 45.5 Å². The van der Waals surface area contributed by atoms with Crippen LogP contribution in [0.25, 0.3) is 6.08 Å². The largest absolute Gasteiger partial charge is 0.417 e. The highest BCUT2D eigenvalue weighted by molar-refractivity contribution is 5.57. The molecule has 0 aliphatic rings. The van der Waals surface area contributed by atoms with Gasteiger partial charge in [0.25, 0.3) is 5.69 Å². The minimum Gasteiger partial charge on any atom is -0.258 e. The molecule has 3 nitrogen and oxygen atoms in total. The summed E-state index contributed by atoms with van der Waals surface area (Å²) in [6, 6.07) is 2.67. The minimum atomic E-state index is -4.60. The topological polar surface area (TPSA) is 43.1 Å². The van der Waals surface area contributed by atoms with Crippen molar-refractivity contribution in [2.75, 3.05) is 0 Å². The molecule has 16 heavy (non-hydrogen) atoms. The maximum absolute atomic E-state index is 12.6. The summed E-state index contributed by atoms with van der Waals surface area (Å²) in [5, 5.41) is 10.4. The number of alkyl halides is 3. The molecule has 86 valence electrons. The van der Waals surface area contributed by atoms with Gasteiger partial charge in [0.15, 0.2) is 0 Å². The SMILES string of the molecule is C/C=C/c1ccc([N+](=O)[O-])cc1C(F)(F)F. The van der Waals surface area contributed by atoms with Gasteiger partial charge in [0, 0.05) is 12.1 Å². The summed E-state index contributed by atoms with van der Waals surface area (Å²) >= 11 is 0. The predicted octanol–water partition coefficient (Wildman–Crippen LogP) is 3.65. The highest BCUT2D eigenvalue weighted by Gasteiger charge is 2.34. The van der Waals surface area contributed by atoms with E-state index in [1.54, 1.807) is 6.92 Å². The Morgan fingerprint density at radius 3 is 2.44 bits per heavy atom. The predicted molar refractivity (Wildman–Crippen MR) is 52.8 cm³/mol. The number of nitrogens with zero attached hydrogens (tertiary/aromatic N) is 1. The van der Waals surface area contributed by atoms with Crippen LogP contribution in [0.1, 0.15) is 18.1 Å². The number of hydrogen-bond acceptors (Lipinski definition) is 2. The number of nitro groups is 1. The highest BCUT2D eigenvalue weighted by atomic mass is 19.4. The summed E-state index contributed by atoms with van der Waals surface area (Å²) in [5.41, 5.74) is -1.65. The van der Waals surface area contributed by atoms with E-state index >= 15 is 0 Å². The van der Waals surface area contributed by atoms with Crippen LogP contribution in [0.2, 0.25) is 0 Å². The Hall–Kier alpha value is -1.85. The normalized spacial score (nSPS) is 12.0. The molecule has 1 aromatic carbocycles. The summed E-state index contributed by atoms with van der Waals surface area (Å²) in [7, 11) is 0. The van der Waals surface area contributed by atoms with Crippen molar-refractivity contribution >= 4 is 11.8 Å². The fourth-order valence-corrected chi connectivity index (χ4v) is 1.23. The van der Waals surface area contributed by atoms with Gasteiger partial charge in [-0.05, 0) is 18.6 Å². The summed E-state index contributed by atoms with van der Waals surface area (Å²) in [6.07, 6.45) is -1.90. The van der Waals surface area contributed by atoms with Gasteiger partial charge in [-0.15, -0.1) is 0 Å². The first-order chi connectivity index (χ1) is 7.36. The molecule has 0 atom stereocenters. The summed E-state index contributed by atoms with van der Waals surface area (Å²) in [4.78, 5) is 9.52. The lowest BCUT2D eigenvalue weighted by molar-refractivity contribution is -0.385. The van der Waals surface area contributed by atoms with Gasteiger partial charge in [-0.3, -0.25) is 10.1 Å². The van der Waals surface area contributed by atoms with Gasteiger partial charge in [-0.1, -0.05) is 12.2 Å². The third-order valence-electron chi connectivity index (χ3n) is 1.90. The van der Waals surface area contributed by atoms with Crippen LogP contribution in [-0.4, -0.2) is 4.92 Å². The van der Waals surface area contributed by atoms with E-state index in [1.165, 1.54) is 12.2 Å². The van der Waals surface area contributed by atoms with Crippen molar-refractivity contribution in [3.63, 3.8) is 0 Å².